The van der Waals surface area contributed by atoms with Crippen molar-refractivity contribution in [1.29, 1.82) is 0 Å². The minimum atomic E-state index is 0.114. The van der Waals surface area contributed by atoms with Crippen molar-refractivity contribution in [3.63, 3.8) is 0 Å². The molecule has 1 aromatic carbocycles. The monoisotopic (exact) mass is 246 g/mol. The Morgan fingerprint density at radius 2 is 2.31 bits per heavy atom. The summed E-state index contributed by atoms with van der Waals surface area (Å²) in [5, 5.41) is 3.39. The second-order valence-corrected chi connectivity index (χ2v) is 5.32. The summed E-state index contributed by atoms with van der Waals surface area (Å²) in [7, 11) is 0. The van der Waals surface area contributed by atoms with E-state index in [0.717, 1.165) is 5.56 Å². The molecule has 0 bridgehead atoms. The van der Waals surface area contributed by atoms with Gasteiger partial charge in [0.15, 0.2) is 5.12 Å². The number of benzene rings is 1. The number of thiophene rings is 1. The summed E-state index contributed by atoms with van der Waals surface area (Å²) in [6, 6.07) is 8.21. The normalized spacial score (nSPS) is 9.81. The lowest BCUT2D eigenvalue weighted by molar-refractivity contribution is -0.109. The summed E-state index contributed by atoms with van der Waals surface area (Å²) in [6.07, 6.45) is 0. The molecule has 0 aliphatic rings. The van der Waals surface area contributed by atoms with E-state index in [9.17, 15) is 4.79 Å². The van der Waals surface area contributed by atoms with Crippen LogP contribution in [-0.4, -0.2) is 10.9 Å². The topological polar surface area (TPSA) is 17.1 Å². The van der Waals surface area contributed by atoms with Crippen molar-refractivity contribution in [1.82, 2.24) is 0 Å². The van der Waals surface area contributed by atoms with E-state index >= 15 is 0 Å². The van der Waals surface area contributed by atoms with Crippen LogP contribution in [-0.2, 0) is 4.79 Å². The lowest BCUT2D eigenvalue weighted by Crippen LogP contribution is -1.82. The lowest BCUT2D eigenvalue weighted by Gasteiger charge is -1.92. The second-order valence-electron chi connectivity index (χ2n) is 3.22. The van der Waals surface area contributed by atoms with Gasteiger partial charge in [0, 0.05) is 22.6 Å². The van der Waals surface area contributed by atoms with E-state index in [1.54, 1.807) is 18.3 Å². The fourth-order valence-corrected chi connectivity index (χ4v) is 2.53. The van der Waals surface area contributed by atoms with Crippen LogP contribution in [0.4, 0.5) is 0 Å². The van der Waals surface area contributed by atoms with Crippen molar-refractivity contribution in [3.8, 4) is 11.8 Å². The number of carbonyl (C=O) groups excluding carboxylic acids is 1. The first-order chi connectivity index (χ1) is 7.77. The van der Waals surface area contributed by atoms with Gasteiger partial charge in [0.05, 0.1) is 5.75 Å². The molecular weight excluding hydrogens is 236 g/mol. The van der Waals surface area contributed by atoms with Crippen molar-refractivity contribution in [2.24, 2.45) is 0 Å². The molecule has 0 spiro atoms. The number of carbonyl (C=O) groups is 1. The SMILES string of the molecule is CC(=O)SCC#Cc1cccc2sccc12. The quantitative estimate of drug-likeness (QED) is 0.716. The maximum absolute atomic E-state index is 10.7. The molecule has 0 aliphatic heterocycles. The molecule has 16 heavy (non-hydrogen) atoms. The number of rotatable bonds is 1. The van der Waals surface area contributed by atoms with E-state index in [0.29, 0.717) is 5.75 Å². The maximum Gasteiger partial charge on any atom is 0.186 e. The summed E-state index contributed by atoms with van der Waals surface area (Å²) in [4.78, 5) is 10.7. The van der Waals surface area contributed by atoms with Crippen LogP contribution in [0.1, 0.15) is 12.5 Å². The van der Waals surface area contributed by atoms with Crippen LogP contribution in [0.5, 0.6) is 0 Å². The second kappa shape index (κ2) is 5.20. The largest absolute Gasteiger partial charge is 0.288 e. The lowest BCUT2D eigenvalue weighted by atomic mass is 10.1. The highest BCUT2D eigenvalue weighted by atomic mass is 32.2. The molecule has 0 unspecified atom stereocenters. The molecular formula is C13H10OS2. The van der Waals surface area contributed by atoms with Crippen LogP contribution < -0.4 is 0 Å². The van der Waals surface area contributed by atoms with Gasteiger partial charge in [0.25, 0.3) is 0 Å². The van der Waals surface area contributed by atoms with E-state index in [1.807, 2.05) is 12.1 Å². The maximum atomic E-state index is 10.7. The average Bonchev–Trinajstić information content (AvgIpc) is 2.72. The van der Waals surface area contributed by atoms with Crippen LogP contribution in [0.25, 0.3) is 10.1 Å². The van der Waals surface area contributed by atoms with Crippen molar-refractivity contribution in [3.05, 3.63) is 35.2 Å². The van der Waals surface area contributed by atoms with E-state index < -0.39 is 0 Å². The molecule has 0 atom stereocenters. The Kier molecular flexibility index (Phi) is 3.66. The van der Waals surface area contributed by atoms with Gasteiger partial charge in [-0.05, 0) is 23.6 Å². The van der Waals surface area contributed by atoms with Gasteiger partial charge < -0.3 is 0 Å². The van der Waals surface area contributed by atoms with E-state index in [-0.39, 0.29) is 5.12 Å². The Bertz CT molecular complexity index is 572. The van der Waals surface area contributed by atoms with Crippen molar-refractivity contribution >= 4 is 38.3 Å². The zero-order chi connectivity index (χ0) is 11.4. The summed E-state index contributed by atoms with van der Waals surface area (Å²) in [5.74, 6) is 6.69. The standard InChI is InChI=1S/C13H10OS2/c1-10(14)15-8-3-5-11-4-2-6-13-12(11)7-9-16-13/h2,4,6-7,9H,8H2,1H3. The molecule has 0 amide bonds. The smallest absolute Gasteiger partial charge is 0.186 e. The van der Waals surface area contributed by atoms with Gasteiger partial charge in [-0.25, -0.2) is 0 Å². The van der Waals surface area contributed by atoms with Gasteiger partial charge in [-0.15, -0.1) is 11.3 Å². The van der Waals surface area contributed by atoms with Crippen LogP contribution in [0.3, 0.4) is 0 Å². The van der Waals surface area contributed by atoms with E-state index in [2.05, 4.69) is 29.4 Å². The predicted octanol–water partition coefficient (Wildman–Crippen LogP) is 3.53. The van der Waals surface area contributed by atoms with Gasteiger partial charge in [0.1, 0.15) is 0 Å². The molecule has 0 saturated carbocycles. The van der Waals surface area contributed by atoms with E-state index in [4.69, 9.17) is 0 Å². The van der Waals surface area contributed by atoms with Gasteiger partial charge in [-0.1, -0.05) is 29.7 Å². The van der Waals surface area contributed by atoms with Crippen molar-refractivity contribution in [2.45, 2.75) is 6.92 Å². The molecule has 0 aliphatic carbocycles. The highest BCUT2D eigenvalue weighted by Crippen LogP contribution is 2.23. The van der Waals surface area contributed by atoms with Crippen LogP contribution in [0, 0.1) is 11.8 Å². The number of fused-ring (bicyclic) bond motifs is 1. The third kappa shape index (κ3) is 2.66. The third-order valence-corrected chi connectivity index (χ3v) is 3.64. The Balaban J connectivity index is 2.20. The first-order valence-corrected chi connectivity index (χ1v) is 6.72. The van der Waals surface area contributed by atoms with Gasteiger partial charge in [0.2, 0.25) is 0 Å². The molecule has 0 radical (unpaired) electrons. The zero-order valence-corrected chi connectivity index (χ0v) is 10.5. The first kappa shape index (κ1) is 11.3. The molecule has 3 heteroatoms. The molecule has 0 N–H and O–H groups in total. The Morgan fingerprint density at radius 1 is 1.44 bits per heavy atom. The molecule has 0 saturated heterocycles. The molecule has 0 fully saturated rings. The Hall–Kier alpha value is -1.24. The van der Waals surface area contributed by atoms with Gasteiger partial charge >= 0.3 is 0 Å². The Labute approximate surface area is 103 Å². The molecule has 1 nitrogen and oxygen atoms in total. The molecule has 1 heterocycles. The van der Waals surface area contributed by atoms with E-state index in [1.165, 1.54) is 21.8 Å². The predicted molar refractivity (Wildman–Crippen MR) is 71.8 cm³/mol. The highest BCUT2D eigenvalue weighted by Gasteiger charge is 1.98. The number of hydrogen-bond acceptors (Lipinski definition) is 3. The molecule has 2 aromatic rings. The summed E-state index contributed by atoms with van der Waals surface area (Å²) in [5.41, 5.74) is 1.04. The molecule has 2 rings (SSSR count). The molecule has 1 aromatic heterocycles. The summed E-state index contributed by atoms with van der Waals surface area (Å²) >= 11 is 2.97. The average molecular weight is 246 g/mol. The van der Waals surface area contributed by atoms with Crippen molar-refractivity contribution in [2.75, 3.05) is 5.75 Å². The first-order valence-electron chi connectivity index (χ1n) is 4.86. The van der Waals surface area contributed by atoms with Crippen molar-refractivity contribution < 1.29 is 4.79 Å². The third-order valence-electron chi connectivity index (χ3n) is 2.07. The summed E-state index contributed by atoms with van der Waals surface area (Å²) in [6.45, 7) is 1.56. The number of thioether (sulfide) groups is 1. The number of hydrogen-bond donors (Lipinski definition) is 0. The van der Waals surface area contributed by atoms with Crippen LogP contribution in [0.15, 0.2) is 29.6 Å². The van der Waals surface area contributed by atoms with Crippen LogP contribution in [0.2, 0.25) is 0 Å². The van der Waals surface area contributed by atoms with Gasteiger partial charge in [-0.2, -0.15) is 0 Å². The van der Waals surface area contributed by atoms with Gasteiger partial charge in [-0.3, -0.25) is 4.79 Å². The fraction of sp³-hybridized carbons (Fsp3) is 0.154. The highest BCUT2D eigenvalue weighted by molar-refractivity contribution is 8.13. The minimum Gasteiger partial charge on any atom is -0.288 e. The zero-order valence-electron chi connectivity index (χ0n) is 8.82. The summed E-state index contributed by atoms with van der Waals surface area (Å²) < 4.78 is 1.26. The Morgan fingerprint density at radius 3 is 3.12 bits per heavy atom. The fourth-order valence-electron chi connectivity index (χ4n) is 1.37. The molecule has 80 valence electrons. The van der Waals surface area contributed by atoms with Crippen LogP contribution >= 0.6 is 23.1 Å². The minimum absolute atomic E-state index is 0.114.